The lowest BCUT2D eigenvalue weighted by Crippen LogP contribution is -2.60. The van der Waals surface area contributed by atoms with Crippen LogP contribution in [0.1, 0.15) is 258 Å². The van der Waals surface area contributed by atoms with E-state index < -0.39 is 49.5 Å². The second kappa shape index (κ2) is 46.2. The molecule has 7 unspecified atom stereocenters. The summed E-state index contributed by atoms with van der Waals surface area (Å²) in [5.41, 5.74) is 0. The zero-order valence-electron chi connectivity index (χ0n) is 42.3. The molecule has 65 heavy (non-hydrogen) atoms. The van der Waals surface area contributed by atoms with Crippen molar-refractivity contribution in [3.05, 3.63) is 36.5 Å². The van der Waals surface area contributed by atoms with Crippen LogP contribution in [0.2, 0.25) is 0 Å². The van der Waals surface area contributed by atoms with Crippen LogP contribution < -0.4 is 5.32 Å². The van der Waals surface area contributed by atoms with Gasteiger partial charge in [0, 0.05) is 6.42 Å². The summed E-state index contributed by atoms with van der Waals surface area (Å²) in [5, 5.41) is 54.3. The van der Waals surface area contributed by atoms with Crippen LogP contribution in [0.5, 0.6) is 0 Å². The van der Waals surface area contributed by atoms with E-state index in [-0.39, 0.29) is 12.5 Å². The topological polar surface area (TPSA) is 149 Å². The number of allylic oxidation sites excluding steroid dienone is 5. The highest BCUT2D eigenvalue weighted by molar-refractivity contribution is 5.76. The van der Waals surface area contributed by atoms with E-state index in [2.05, 4.69) is 43.5 Å². The van der Waals surface area contributed by atoms with Gasteiger partial charge in [0.15, 0.2) is 6.29 Å². The fourth-order valence-electron chi connectivity index (χ4n) is 8.78. The molecular weight excluding hydrogens is 815 g/mol. The van der Waals surface area contributed by atoms with Gasteiger partial charge in [-0.15, -0.1) is 0 Å². The summed E-state index contributed by atoms with van der Waals surface area (Å²) in [6.45, 7) is 3.78. The molecule has 382 valence electrons. The number of carbonyl (C=O) groups is 1. The molecule has 0 aromatic rings. The fraction of sp³-hybridized carbons (Fsp3) is 0.875. The Bertz CT molecular complexity index is 1110. The third-order valence-corrected chi connectivity index (χ3v) is 13.2. The predicted octanol–water partition coefficient (Wildman–Crippen LogP) is 13.2. The summed E-state index contributed by atoms with van der Waals surface area (Å²) in [4.78, 5) is 13.0. The third-order valence-electron chi connectivity index (χ3n) is 13.2. The van der Waals surface area contributed by atoms with Crippen LogP contribution in [0.15, 0.2) is 36.5 Å². The van der Waals surface area contributed by atoms with Gasteiger partial charge in [0.25, 0.3) is 0 Å². The zero-order chi connectivity index (χ0) is 47.3. The van der Waals surface area contributed by atoms with Gasteiger partial charge in [-0.05, 0) is 51.4 Å². The molecule has 0 bridgehead atoms. The maximum Gasteiger partial charge on any atom is 0.220 e. The van der Waals surface area contributed by atoms with Gasteiger partial charge in [-0.25, -0.2) is 0 Å². The first-order chi connectivity index (χ1) is 31.8. The van der Waals surface area contributed by atoms with Crippen LogP contribution in [0.25, 0.3) is 0 Å². The van der Waals surface area contributed by atoms with Crippen molar-refractivity contribution < 1.29 is 39.8 Å². The standard InChI is InChI=1S/C56H105NO8/c1-3-5-7-9-11-13-15-17-18-19-20-21-22-23-24-25-26-27-28-29-30-31-32-34-36-38-40-42-44-46-52(60)57-49(48-64-56-55(63)54(62)53(61)51(47-58)65-56)50(59)45-43-41-39-37-35-33-16-14-12-10-8-6-4-2/h20-21,23-24,43,45,49-51,53-56,58-59,61-63H,3-19,22,25-42,44,46-48H2,1-2H3,(H,57,60)/b21-20-,24-23-,45-43+. The van der Waals surface area contributed by atoms with E-state index in [0.29, 0.717) is 6.42 Å². The first kappa shape index (κ1) is 61.4. The Labute approximate surface area is 400 Å². The Hall–Kier alpha value is -1.59. The van der Waals surface area contributed by atoms with Gasteiger partial charge in [-0.1, -0.05) is 237 Å². The maximum absolute atomic E-state index is 13.0. The Morgan fingerprint density at radius 2 is 0.908 bits per heavy atom. The number of aliphatic hydroxyl groups excluding tert-OH is 5. The predicted molar refractivity (Wildman–Crippen MR) is 272 cm³/mol. The molecule has 1 aliphatic rings. The zero-order valence-corrected chi connectivity index (χ0v) is 42.3. The van der Waals surface area contributed by atoms with Crippen LogP contribution in [0.4, 0.5) is 0 Å². The highest BCUT2D eigenvalue weighted by Gasteiger charge is 2.44. The first-order valence-corrected chi connectivity index (χ1v) is 27.7. The Balaban J connectivity index is 2.17. The molecule has 1 saturated heterocycles. The molecule has 0 aromatic carbocycles. The molecule has 9 heteroatoms. The fourth-order valence-corrected chi connectivity index (χ4v) is 8.78. The molecule has 0 radical (unpaired) electrons. The van der Waals surface area contributed by atoms with Crippen LogP contribution in [-0.4, -0.2) is 87.5 Å². The number of unbranched alkanes of at least 4 members (excludes halogenated alkanes) is 33. The smallest absolute Gasteiger partial charge is 0.220 e. The molecule has 0 saturated carbocycles. The first-order valence-electron chi connectivity index (χ1n) is 27.7. The summed E-state index contributed by atoms with van der Waals surface area (Å²) in [5.74, 6) is -0.177. The third kappa shape index (κ3) is 36.1. The van der Waals surface area contributed by atoms with Gasteiger partial charge >= 0.3 is 0 Å². The highest BCUT2D eigenvalue weighted by atomic mass is 16.7. The lowest BCUT2D eigenvalue weighted by molar-refractivity contribution is -0.302. The van der Waals surface area contributed by atoms with Crippen molar-refractivity contribution in [1.82, 2.24) is 5.32 Å². The molecule has 7 atom stereocenters. The number of hydrogen-bond donors (Lipinski definition) is 6. The molecule has 1 heterocycles. The molecule has 1 amide bonds. The van der Waals surface area contributed by atoms with Crippen molar-refractivity contribution in [3.8, 4) is 0 Å². The molecule has 6 N–H and O–H groups in total. The lowest BCUT2D eigenvalue weighted by atomic mass is 9.99. The van der Waals surface area contributed by atoms with Crippen LogP contribution in [0, 0.1) is 0 Å². The molecule has 1 rings (SSSR count). The number of amides is 1. The quantitative estimate of drug-likeness (QED) is 0.0261. The summed E-state index contributed by atoms with van der Waals surface area (Å²) in [6.07, 6.45) is 52.1. The van der Waals surface area contributed by atoms with Gasteiger partial charge in [-0.2, -0.15) is 0 Å². The molecule has 0 aromatic heterocycles. The highest BCUT2D eigenvalue weighted by Crippen LogP contribution is 2.23. The summed E-state index contributed by atoms with van der Waals surface area (Å²) >= 11 is 0. The molecule has 0 aliphatic carbocycles. The van der Waals surface area contributed by atoms with Gasteiger partial charge in [0.05, 0.1) is 25.4 Å². The van der Waals surface area contributed by atoms with E-state index in [1.807, 2.05) is 6.08 Å². The van der Waals surface area contributed by atoms with Gasteiger partial charge in [0.2, 0.25) is 5.91 Å². The molecule has 1 aliphatic heterocycles. The molecule has 1 fully saturated rings. The van der Waals surface area contributed by atoms with Crippen molar-refractivity contribution in [1.29, 1.82) is 0 Å². The van der Waals surface area contributed by atoms with Crippen LogP contribution in [-0.2, 0) is 14.3 Å². The van der Waals surface area contributed by atoms with E-state index in [1.54, 1.807) is 6.08 Å². The number of hydrogen-bond acceptors (Lipinski definition) is 8. The van der Waals surface area contributed by atoms with Crippen molar-refractivity contribution in [2.24, 2.45) is 0 Å². The number of nitrogens with one attached hydrogen (secondary N) is 1. The van der Waals surface area contributed by atoms with E-state index in [0.717, 1.165) is 44.9 Å². The monoisotopic (exact) mass is 920 g/mol. The van der Waals surface area contributed by atoms with Crippen LogP contribution >= 0.6 is 0 Å². The molecule has 9 nitrogen and oxygen atoms in total. The number of rotatable bonds is 47. The summed E-state index contributed by atoms with van der Waals surface area (Å²) in [7, 11) is 0. The lowest BCUT2D eigenvalue weighted by Gasteiger charge is -2.40. The van der Waals surface area contributed by atoms with E-state index >= 15 is 0 Å². The maximum atomic E-state index is 13.0. The SMILES string of the molecule is CCCCCCCCCCC/C=C\C/C=C\CCCCCCCCCCCCCCCC(=O)NC(COC1OC(CO)C(O)C(O)C1O)C(O)/C=C/CCCCCCCCCCCCC. The minimum Gasteiger partial charge on any atom is -0.394 e. The number of aliphatic hydroxyl groups is 5. The number of ether oxygens (including phenoxy) is 2. The second-order valence-electron chi connectivity index (χ2n) is 19.4. The van der Waals surface area contributed by atoms with Crippen LogP contribution in [0.3, 0.4) is 0 Å². The number of carbonyl (C=O) groups excluding carboxylic acids is 1. The van der Waals surface area contributed by atoms with Crippen molar-refractivity contribution in [2.75, 3.05) is 13.2 Å². The largest absolute Gasteiger partial charge is 0.394 e. The Morgan fingerprint density at radius 1 is 0.523 bits per heavy atom. The van der Waals surface area contributed by atoms with E-state index in [4.69, 9.17) is 9.47 Å². The average Bonchev–Trinajstić information content (AvgIpc) is 3.31. The Morgan fingerprint density at radius 3 is 1.32 bits per heavy atom. The van der Waals surface area contributed by atoms with Gasteiger partial charge in [-0.3, -0.25) is 4.79 Å². The van der Waals surface area contributed by atoms with Crippen molar-refractivity contribution in [3.63, 3.8) is 0 Å². The molecule has 0 spiro atoms. The summed E-state index contributed by atoms with van der Waals surface area (Å²) in [6, 6.07) is -0.804. The van der Waals surface area contributed by atoms with Crippen molar-refractivity contribution in [2.45, 2.75) is 301 Å². The normalized spacial score (nSPS) is 20.1. The van der Waals surface area contributed by atoms with E-state index in [1.165, 1.54) is 193 Å². The van der Waals surface area contributed by atoms with Gasteiger partial charge in [0.1, 0.15) is 24.4 Å². The second-order valence-corrected chi connectivity index (χ2v) is 19.4. The summed E-state index contributed by atoms with van der Waals surface area (Å²) < 4.78 is 11.2. The van der Waals surface area contributed by atoms with Gasteiger partial charge < -0.3 is 40.3 Å². The average molecular weight is 920 g/mol. The van der Waals surface area contributed by atoms with E-state index in [9.17, 15) is 30.3 Å². The minimum atomic E-state index is -1.57. The molecular formula is C56H105NO8. The van der Waals surface area contributed by atoms with Crippen molar-refractivity contribution >= 4 is 5.91 Å². The Kier molecular flexibility index (Phi) is 43.6. The minimum absolute atomic E-state index is 0.177.